The zero-order valence-corrected chi connectivity index (χ0v) is 20.9. The Morgan fingerprint density at radius 1 is 0.703 bits per heavy atom. The van der Waals surface area contributed by atoms with Gasteiger partial charge in [0.15, 0.2) is 12.6 Å². The molecule has 0 spiro atoms. The Hall–Kier alpha value is -3.06. The fourth-order valence-corrected chi connectivity index (χ4v) is 5.20. The second-order valence-corrected chi connectivity index (χ2v) is 9.83. The first-order valence-corrected chi connectivity index (χ1v) is 13.0. The quantitative estimate of drug-likeness (QED) is 0.296. The molecule has 0 N–H and O–H groups in total. The number of fused-ring (bicyclic) bond motifs is 2. The molecule has 6 atom stereocenters. The third-order valence-corrected chi connectivity index (χ3v) is 7.22. The topological polar surface area (TPSA) is 46.2 Å². The zero-order chi connectivity index (χ0) is 25.0. The van der Waals surface area contributed by atoms with Crippen LogP contribution in [0.25, 0.3) is 10.8 Å². The molecule has 0 amide bonds. The first-order valence-electron chi connectivity index (χ1n) is 13.0. The standard InChI is InChI=1S/C32H32O5/c1-22-29(33-20-24-16-17-25-12-8-9-15-27(25)18-24)30-28(21-35-32(37-30)26-13-6-3-7-14-26)36-31(22)34-19-23-10-4-2-5-11-23/h2-18,22,28-32H,19-21H2,1H3. The maximum absolute atomic E-state index is 6.63. The van der Waals surface area contributed by atoms with Gasteiger partial charge in [0.25, 0.3) is 0 Å². The molecule has 0 aromatic heterocycles. The SMILES string of the molecule is CC1C(OCc2ccccc2)OC2COC(c3ccccc3)OC2C1OCc1ccc2ccccc2c1. The van der Waals surface area contributed by atoms with E-state index in [0.717, 1.165) is 16.7 Å². The Bertz CT molecular complexity index is 1290. The lowest BCUT2D eigenvalue weighted by Crippen LogP contribution is -2.59. The molecular formula is C32H32O5. The van der Waals surface area contributed by atoms with E-state index >= 15 is 0 Å². The zero-order valence-electron chi connectivity index (χ0n) is 20.9. The number of hydrogen-bond acceptors (Lipinski definition) is 5. The summed E-state index contributed by atoms with van der Waals surface area (Å²) >= 11 is 0. The molecule has 0 saturated carbocycles. The van der Waals surface area contributed by atoms with Gasteiger partial charge in [-0.05, 0) is 28.0 Å². The van der Waals surface area contributed by atoms with Crippen LogP contribution < -0.4 is 0 Å². The summed E-state index contributed by atoms with van der Waals surface area (Å²) in [6.45, 7) is 3.49. The molecule has 2 fully saturated rings. The van der Waals surface area contributed by atoms with Crippen molar-refractivity contribution < 1.29 is 23.7 Å². The summed E-state index contributed by atoms with van der Waals surface area (Å²) in [6, 6.07) is 35.0. The molecule has 190 valence electrons. The van der Waals surface area contributed by atoms with Crippen LogP contribution in [0.3, 0.4) is 0 Å². The summed E-state index contributed by atoms with van der Waals surface area (Å²) in [5.74, 6) is -0.0417. The summed E-state index contributed by atoms with van der Waals surface area (Å²) in [4.78, 5) is 0. The van der Waals surface area contributed by atoms with Gasteiger partial charge in [0, 0.05) is 11.5 Å². The van der Waals surface area contributed by atoms with Crippen molar-refractivity contribution >= 4 is 10.8 Å². The molecule has 0 bridgehead atoms. The van der Waals surface area contributed by atoms with Crippen LogP contribution in [0, 0.1) is 5.92 Å². The molecule has 5 nitrogen and oxygen atoms in total. The van der Waals surface area contributed by atoms with Gasteiger partial charge in [-0.3, -0.25) is 0 Å². The van der Waals surface area contributed by atoms with Crippen LogP contribution in [-0.2, 0) is 36.9 Å². The van der Waals surface area contributed by atoms with Crippen molar-refractivity contribution in [1.29, 1.82) is 0 Å². The molecule has 0 radical (unpaired) electrons. The summed E-state index contributed by atoms with van der Waals surface area (Å²) in [7, 11) is 0. The van der Waals surface area contributed by atoms with Crippen molar-refractivity contribution in [1.82, 2.24) is 0 Å². The van der Waals surface area contributed by atoms with E-state index in [9.17, 15) is 0 Å². The largest absolute Gasteiger partial charge is 0.370 e. The van der Waals surface area contributed by atoms with Crippen molar-refractivity contribution in [3.8, 4) is 0 Å². The van der Waals surface area contributed by atoms with Gasteiger partial charge in [-0.2, -0.15) is 0 Å². The third kappa shape index (κ3) is 5.47. The number of ether oxygens (including phenoxy) is 5. The van der Waals surface area contributed by atoms with Crippen LogP contribution >= 0.6 is 0 Å². The van der Waals surface area contributed by atoms with Crippen molar-refractivity contribution in [2.75, 3.05) is 6.61 Å². The average Bonchev–Trinajstić information content (AvgIpc) is 2.96. The van der Waals surface area contributed by atoms with Gasteiger partial charge in [0.05, 0.1) is 25.9 Å². The molecule has 2 aliphatic heterocycles. The fourth-order valence-electron chi connectivity index (χ4n) is 5.20. The van der Waals surface area contributed by atoms with Crippen LogP contribution in [0.15, 0.2) is 103 Å². The summed E-state index contributed by atoms with van der Waals surface area (Å²) in [5.41, 5.74) is 3.22. The van der Waals surface area contributed by atoms with Gasteiger partial charge in [-0.25, -0.2) is 0 Å². The van der Waals surface area contributed by atoms with Gasteiger partial charge in [-0.15, -0.1) is 0 Å². The highest BCUT2D eigenvalue weighted by Gasteiger charge is 2.49. The highest BCUT2D eigenvalue weighted by Crippen LogP contribution is 2.38. The molecule has 37 heavy (non-hydrogen) atoms. The normalized spacial score (nSPS) is 27.6. The molecule has 5 heteroatoms. The first kappa shape index (κ1) is 24.3. The maximum atomic E-state index is 6.63. The Labute approximate surface area is 217 Å². The molecule has 2 saturated heterocycles. The smallest absolute Gasteiger partial charge is 0.184 e. The van der Waals surface area contributed by atoms with E-state index in [1.165, 1.54) is 10.8 Å². The van der Waals surface area contributed by atoms with E-state index < -0.39 is 12.6 Å². The van der Waals surface area contributed by atoms with Crippen LogP contribution in [0.4, 0.5) is 0 Å². The Morgan fingerprint density at radius 2 is 1.41 bits per heavy atom. The Balaban J connectivity index is 1.21. The third-order valence-electron chi connectivity index (χ3n) is 7.22. The second kappa shape index (κ2) is 11.1. The van der Waals surface area contributed by atoms with E-state index in [4.69, 9.17) is 23.7 Å². The van der Waals surface area contributed by atoms with Crippen LogP contribution in [0.1, 0.15) is 29.9 Å². The first-order chi connectivity index (χ1) is 18.2. The van der Waals surface area contributed by atoms with Crippen molar-refractivity contribution in [2.45, 2.75) is 51.0 Å². The minimum Gasteiger partial charge on any atom is -0.370 e. The van der Waals surface area contributed by atoms with Gasteiger partial charge >= 0.3 is 0 Å². The van der Waals surface area contributed by atoms with Crippen molar-refractivity contribution in [3.63, 3.8) is 0 Å². The molecule has 2 aliphatic rings. The van der Waals surface area contributed by atoms with E-state index in [1.54, 1.807) is 0 Å². The van der Waals surface area contributed by atoms with Crippen LogP contribution in [0.2, 0.25) is 0 Å². The van der Waals surface area contributed by atoms with E-state index in [0.29, 0.717) is 19.8 Å². The molecule has 2 heterocycles. The van der Waals surface area contributed by atoms with Crippen LogP contribution in [-0.4, -0.2) is 31.2 Å². The monoisotopic (exact) mass is 496 g/mol. The minimum absolute atomic E-state index is 0.0417. The van der Waals surface area contributed by atoms with Gasteiger partial charge in [0.1, 0.15) is 12.2 Å². The molecule has 4 aromatic carbocycles. The molecule has 0 aliphatic carbocycles. The second-order valence-electron chi connectivity index (χ2n) is 9.83. The van der Waals surface area contributed by atoms with Crippen molar-refractivity contribution in [3.05, 3.63) is 120 Å². The number of rotatable bonds is 7. The lowest BCUT2D eigenvalue weighted by atomic mass is 9.91. The highest BCUT2D eigenvalue weighted by molar-refractivity contribution is 5.82. The molecule has 4 aromatic rings. The lowest BCUT2D eigenvalue weighted by molar-refractivity contribution is -0.358. The van der Waals surface area contributed by atoms with E-state index in [-0.39, 0.29) is 24.2 Å². The Kier molecular flexibility index (Phi) is 7.31. The Morgan fingerprint density at radius 3 is 2.22 bits per heavy atom. The summed E-state index contributed by atoms with van der Waals surface area (Å²) < 4.78 is 31.9. The highest BCUT2D eigenvalue weighted by atomic mass is 16.7. The number of benzene rings is 4. The summed E-state index contributed by atoms with van der Waals surface area (Å²) in [6.07, 6.45) is -1.65. The van der Waals surface area contributed by atoms with Gasteiger partial charge in [-0.1, -0.05) is 104 Å². The lowest BCUT2D eigenvalue weighted by Gasteiger charge is -2.48. The van der Waals surface area contributed by atoms with E-state index in [2.05, 4.69) is 61.5 Å². The predicted molar refractivity (Wildman–Crippen MR) is 142 cm³/mol. The average molecular weight is 497 g/mol. The molecule has 6 unspecified atom stereocenters. The van der Waals surface area contributed by atoms with Crippen molar-refractivity contribution in [2.24, 2.45) is 5.92 Å². The van der Waals surface area contributed by atoms with E-state index in [1.807, 2.05) is 48.5 Å². The predicted octanol–water partition coefficient (Wildman–Crippen LogP) is 6.42. The maximum Gasteiger partial charge on any atom is 0.184 e. The van der Waals surface area contributed by atoms with Gasteiger partial charge < -0.3 is 23.7 Å². The molecule has 6 rings (SSSR count). The van der Waals surface area contributed by atoms with Crippen LogP contribution in [0.5, 0.6) is 0 Å². The summed E-state index contributed by atoms with van der Waals surface area (Å²) in [5, 5.41) is 2.43. The number of hydrogen-bond donors (Lipinski definition) is 0. The minimum atomic E-state index is -0.452. The van der Waals surface area contributed by atoms with Gasteiger partial charge in [0.2, 0.25) is 0 Å². The molecular weight excluding hydrogens is 464 g/mol. The fraction of sp³-hybridized carbons (Fsp3) is 0.312.